The Hall–Kier alpha value is -4.10. The maximum atomic E-state index is 13.0. The molecule has 0 aliphatic heterocycles. The first-order valence-electron chi connectivity index (χ1n) is 21.5. The molecule has 14 nitrogen and oxygen atoms in total. The van der Waals surface area contributed by atoms with Crippen molar-refractivity contribution < 1.29 is 47.7 Å². The van der Waals surface area contributed by atoms with Crippen molar-refractivity contribution in [2.24, 2.45) is 0 Å². The number of carbonyl (C=O) groups is 6. The molecule has 0 aliphatic carbocycles. The summed E-state index contributed by atoms with van der Waals surface area (Å²) in [4.78, 5) is 76.8. The maximum Gasteiger partial charge on any atom is 0.407 e. The van der Waals surface area contributed by atoms with E-state index >= 15 is 0 Å². The summed E-state index contributed by atoms with van der Waals surface area (Å²) in [6, 6.07) is -0.183. The topological polar surface area (TPSA) is 170 Å². The Bertz CT molecular complexity index is 1190. The number of ether oxygens (including phenoxy) is 4. The van der Waals surface area contributed by atoms with Crippen LogP contribution in [-0.2, 0) is 38.1 Å². The Morgan fingerprint density at radius 3 is 1.47 bits per heavy atom. The summed E-state index contributed by atoms with van der Waals surface area (Å²) >= 11 is 0. The first kappa shape index (κ1) is 53.9. The summed E-state index contributed by atoms with van der Waals surface area (Å²) in [7, 11) is 0. The molecule has 0 saturated heterocycles. The maximum absolute atomic E-state index is 13.0. The van der Waals surface area contributed by atoms with Crippen LogP contribution in [0, 0.1) is 0 Å². The largest absolute Gasteiger partial charge is 0.466 e. The van der Waals surface area contributed by atoms with Gasteiger partial charge in [-0.05, 0) is 92.9 Å². The summed E-state index contributed by atoms with van der Waals surface area (Å²) in [5.41, 5.74) is -0.0667. The molecule has 0 unspecified atom stereocenters. The Morgan fingerprint density at radius 1 is 0.517 bits per heavy atom. The summed E-state index contributed by atoms with van der Waals surface area (Å²) in [5.74, 6) is -1.09. The van der Waals surface area contributed by atoms with Crippen LogP contribution in [0.1, 0.15) is 158 Å². The zero-order valence-corrected chi connectivity index (χ0v) is 37.4. The van der Waals surface area contributed by atoms with Crippen molar-refractivity contribution in [3.63, 3.8) is 0 Å². The zero-order chi connectivity index (χ0) is 44.0. The molecule has 0 radical (unpaired) electrons. The zero-order valence-electron chi connectivity index (χ0n) is 37.4. The standard InChI is InChI=1S/C44H78N4O10/c1-11-43(7,8)47(29-33-56-39(51)35(3)4)37(49)25-19-15-13-18-22-28-46-42(54)58-32-24-23-31-55-38(50)26-20-16-14-17-21-27-45-41(53)48(44(9,10)12-2)30-34-57-40(52)36(5)6/h3,5,11-34H2,1-2,4,6-10H3,(H,45,53)(H,46,54). The van der Waals surface area contributed by atoms with Gasteiger partial charge >= 0.3 is 30.0 Å². The lowest BCUT2D eigenvalue weighted by Crippen LogP contribution is -2.53. The highest BCUT2D eigenvalue weighted by Gasteiger charge is 2.30. The van der Waals surface area contributed by atoms with Gasteiger partial charge in [0.05, 0.1) is 26.3 Å². The number of amides is 4. The van der Waals surface area contributed by atoms with E-state index in [9.17, 15) is 28.8 Å². The molecule has 0 aromatic carbocycles. The molecule has 0 spiro atoms. The number of urea groups is 1. The second-order valence-electron chi connectivity index (χ2n) is 16.1. The molecular weight excluding hydrogens is 745 g/mol. The van der Waals surface area contributed by atoms with Gasteiger partial charge in [-0.2, -0.15) is 0 Å². The summed E-state index contributed by atoms with van der Waals surface area (Å²) < 4.78 is 20.9. The van der Waals surface area contributed by atoms with Gasteiger partial charge in [-0.25, -0.2) is 19.2 Å². The number of carbonyl (C=O) groups excluding carboxylic acids is 6. The van der Waals surface area contributed by atoms with Gasteiger partial charge in [-0.3, -0.25) is 9.59 Å². The molecule has 58 heavy (non-hydrogen) atoms. The number of nitrogens with one attached hydrogen (secondary N) is 2. The van der Waals surface area contributed by atoms with E-state index in [0.717, 1.165) is 77.0 Å². The fourth-order valence-electron chi connectivity index (χ4n) is 5.68. The van der Waals surface area contributed by atoms with E-state index in [0.29, 0.717) is 63.0 Å². The van der Waals surface area contributed by atoms with Gasteiger partial charge in [0.2, 0.25) is 5.91 Å². The SMILES string of the molecule is C=C(C)C(=O)OCCN(C(=O)CCCCCCCNC(=O)OCCCCOC(=O)CCCCCCCNC(=O)N(CCOC(=O)C(=C)C)C(C)(C)CC)C(C)(C)CC. The van der Waals surface area contributed by atoms with Gasteiger partial charge in [0.1, 0.15) is 13.2 Å². The number of nitrogens with zero attached hydrogens (tertiary/aromatic N) is 2. The number of alkyl carbamates (subject to hydrolysis) is 1. The highest BCUT2D eigenvalue weighted by Crippen LogP contribution is 2.21. The van der Waals surface area contributed by atoms with Crippen LogP contribution in [0.15, 0.2) is 24.3 Å². The highest BCUT2D eigenvalue weighted by molar-refractivity contribution is 5.87. The molecule has 0 aromatic rings. The van der Waals surface area contributed by atoms with Crippen LogP contribution in [-0.4, -0.2) is 109 Å². The molecular formula is C44H78N4O10. The molecule has 0 rings (SSSR count). The average Bonchev–Trinajstić information content (AvgIpc) is 3.17. The van der Waals surface area contributed by atoms with Gasteiger partial charge in [0.15, 0.2) is 0 Å². The third-order valence-electron chi connectivity index (χ3n) is 10.2. The van der Waals surface area contributed by atoms with E-state index in [1.165, 1.54) is 0 Å². The number of rotatable bonds is 33. The predicted molar refractivity (Wildman–Crippen MR) is 227 cm³/mol. The Balaban J connectivity index is 3.92. The van der Waals surface area contributed by atoms with Crippen LogP contribution in [0.25, 0.3) is 0 Å². The monoisotopic (exact) mass is 823 g/mol. The molecule has 2 N–H and O–H groups in total. The second-order valence-corrected chi connectivity index (χ2v) is 16.1. The van der Waals surface area contributed by atoms with Crippen molar-refractivity contribution >= 4 is 35.9 Å². The van der Waals surface area contributed by atoms with E-state index in [1.807, 2.05) is 46.4 Å². The first-order valence-corrected chi connectivity index (χ1v) is 21.5. The van der Waals surface area contributed by atoms with Gasteiger partial charge in [-0.1, -0.05) is 65.5 Å². The van der Waals surface area contributed by atoms with Crippen molar-refractivity contribution in [1.29, 1.82) is 0 Å². The molecule has 14 heteroatoms. The van der Waals surface area contributed by atoms with E-state index in [-0.39, 0.29) is 49.9 Å². The van der Waals surface area contributed by atoms with Gasteiger partial charge in [0.25, 0.3) is 0 Å². The van der Waals surface area contributed by atoms with E-state index in [4.69, 9.17) is 18.9 Å². The number of hydrogen-bond acceptors (Lipinski definition) is 10. The van der Waals surface area contributed by atoms with Crippen molar-refractivity contribution in [3.8, 4) is 0 Å². The molecule has 0 saturated carbocycles. The fourth-order valence-corrected chi connectivity index (χ4v) is 5.68. The molecule has 0 aliphatic rings. The lowest BCUT2D eigenvalue weighted by Gasteiger charge is -2.38. The van der Waals surface area contributed by atoms with Crippen LogP contribution < -0.4 is 10.6 Å². The molecule has 0 fully saturated rings. The molecule has 0 aromatic heterocycles. The lowest BCUT2D eigenvalue weighted by atomic mass is 9.98. The normalized spacial score (nSPS) is 11.2. The highest BCUT2D eigenvalue weighted by atomic mass is 16.6. The molecule has 334 valence electrons. The Morgan fingerprint density at radius 2 is 0.948 bits per heavy atom. The molecule has 4 amide bonds. The van der Waals surface area contributed by atoms with E-state index in [1.54, 1.807) is 18.7 Å². The van der Waals surface area contributed by atoms with Crippen LogP contribution in [0.5, 0.6) is 0 Å². The third-order valence-corrected chi connectivity index (χ3v) is 10.2. The van der Waals surface area contributed by atoms with Crippen molar-refractivity contribution in [2.45, 2.75) is 169 Å². The van der Waals surface area contributed by atoms with Crippen molar-refractivity contribution in [2.75, 3.05) is 52.6 Å². The molecule has 0 heterocycles. The lowest BCUT2D eigenvalue weighted by molar-refractivity contribution is -0.144. The summed E-state index contributed by atoms with van der Waals surface area (Å²) in [5, 5.41) is 5.74. The number of unbranched alkanes of at least 4 members (excludes halogenated alkanes) is 9. The van der Waals surface area contributed by atoms with Crippen molar-refractivity contribution in [1.82, 2.24) is 20.4 Å². The van der Waals surface area contributed by atoms with E-state index < -0.39 is 23.6 Å². The van der Waals surface area contributed by atoms with Gasteiger partial charge < -0.3 is 39.4 Å². The summed E-state index contributed by atoms with van der Waals surface area (Å²) in [6.07, 6.45) is 11.8. The van der Waals surface area contributed by atoms with Gasteiger partial charge in [-0.15, -0.1) is 0 Å². The Labute approximate surface area is 349 Å². The van der Waals surface area contributed by atoms with Crippen LogP contribution in [0.2, 0.25) is 0 Å². The smallest absolute Gasteiger partial charge is 0.407 e. The van der Waals surface area contributed by atoms with Crippen LogP contribution in [0.3, 0.4) is 0 Å². The molecule has 0 atom stereocenters. The minimum absolute atomic E-state index is 0.0557. The van der Waals surface area contributed by atoms with E-state index in [2.05, 4.69) is 23.8 Å². The predicted octanol–water partition coefficient (Wildman–Crippen LogP) is 8.17. The summed E-state index contributed by atoms with van der Waals surface area (Å²) in [6.45, 7) is 24.9. The fraction of sp³-hybridized carbons (Fsp3) is 0.773. The quantitative estimate of drug-likeness (QED) is 0.0285. The average molecular weight is 823 g/mol. The first-order chi connectivity index (χ1) is 27.4. The Kier molecular flexibility index (Phi) is 28.7. The van der Waals surface area contributed by atoms with Crippen molar-refractivity contribution in [3.05, 3.63) is 24.3 Å². The number of hydrogen-bond donors (Lipinski definition) is 2. The van der Waals surface area contributed by atoms with Crippen LogP contribution in [0.4, 0.5) is 9.59 Å². The molecule has 0 bridgehead atoms. The number of esters is 3. The third kappa shape index (κ3) is 25.3. The minimum atomic E-state index is -0.466. The van der Waals surface area contributed by atoms with Crippen LogP contribution >= 0.6 is 0 Å². The minimum Gasteiger partial charge on any atom is -0.466 e. The second kappa shape index (κ2) is 30.9. The van der Waals surface area contributed by atoms with Gasteiger partial charge in [0, 0.05) is 48.2 Å².